The van der Waals surface area contributed by atoms with E-state index in [0.29, 0.717) is 10.9 Å². The normalized spacial score (nSPS) is 12.7. The van der Waals surface area contributed by atoms with E-state index in [9.17, 15) is 9.50 Å². The highest BCUT2D eigenvalue weighted by molar-refractivity contribution is 9.10. The molecule has 1 atom stereocenters. The van der Waals surface area contributed by atoms with Crippen LogP contribution in [0.2, 0.25) is 0 Å². The maximum absolute atomic E-state index is 13.2. The van der Waals surface area contributed by atoms with Gasteiger partial charge in [0.1, 0.15) is 5.82 Å². The Labute approximate surface area is 126 Å². The van der Waals surface area contributed by atoms with E-state index in [1.807, 2.05) is 24.6 Å². The molecule has 0 aliphatic carbocycles. The number of aromatic nitrogens is 2. The molecular formula is C15H18BrFN2O. The lowest BCUT2D eigenvalue weighted by molar-refractivity contribution is 0.167. The average molecular weight is 341 g/mol. The van der Waals surface area contributed by atoms with Gasteiger partial charge < -0.3 is 5.11 Å². The molecule has 0 radical (unpaired) electrons. The Bertz CT molecular complexity index is 598. The number of nitrogens with zero attached hydrogens (tertiary/aromatic N) is 2. The second-order valence-corrected chi connectivity index (χ2v) is 5.55. The maximum atomic E-state index is 13.2. The van der Waals surface area contributed by atoms with Crippen LogP contribution in [0.3, 0.4) is 0 Å². The van der Waals surface area contributed by atoms with Crippen molar-refractivity contribution in [1.29, 1.82) is 0 Å². The zero-order valence-electron chi connectivity index (χ0n) is 11.6. The van der Waals surface area contributed by atoms with Gasteiger partial charge in [0.25, 0.3) is 0 Å². The number of rotatable bonds is 5. The van der Waals surface area contributed by atoms with Gasteiger partial charge in [-0.25, -0.2) is 4.39 Å². The van der Waals surface area contributed by atoms with Crippen LogP contribution in [0.15, 0.2) is 28.7 Å². The van der Waals surface area contributed by atoms with E-state index in [-0.39, 0.29) is 5.82 Å². The Morgan fingerprint density at radius 3 is 2.70 bits per heavy atom. The van der Waals surface area contributed by atoms with Crippen molar-refractivity contribution in [2.45, 2.75) is 39.3 Å². The highest BCUT2D eigenvalue weighted by atomic mass is 79.9. The van der Waals surface area contributed by atoms with E-state index in [2.05, 4.69) is 21.0 Å². The molecule has 1 N–H and O–H groups in total. The van der Waals surface area contributed by atoms with Crippen LogP contribution in [0.25, 0.3) is 0 Å². The molecule has 1 aromatic carbocycles. The molecule has 108 valence electrons. The highest BCUT2D eigenvalue weighted by Crippen LogP contribution is 2.23. The van der Waals surface area contributed by atoms with E-state index in [0.717, 1.165) is 29.9 Å². The third kappa shape index (κ3) is 3.27. The van der Waals surface area contributed by atoms with Crippen molar-refractivity contribution in [3.8, 4) is 0 Å². The molecule has 1 aromatic heterocycles. The van der Waals surface area contributed by atoms with Crippen LogP contribution in [0.4, 0.5) is 4.39 Å². The Morgan fingerprint density at radius 2 is 2.10 bits per heavy atom. The topological polar surface area (TPSA) is 38.0 Å². The van der Waals surface area contributed by atoms with Gasteiger partial charge in [0.15, 0.2) is 0 Å². The molecular weight excluding hydrogens is 323 g/mol. The number of aliphatic hydroxyl groups is 1. The van der Waals surface area contributed by atoms with Crippen molar-refractivity contribution in [3.63, 3.8) is 0 Å². The van der Waals surface area contributed by atoms with Crippen LogP contribution in [-0.4, -0.2) is 14.9 Å². The van der Waals surface area contributed by atoms with Crippen molar-refractivity contribution in [3.05, 3.63) is 51.5 Å². The van der Waals surface area contributed by atoms with Crippen LogP contribution >= 0.6 is 15.9 Å². The van der Waals surface area contributed by atoms with Gasteiger partial charge in [-0.05, 0) is 53.0 Å². The molecule has 0 amide bonds. The summed E-state index contributed by atoms with van der Waals surface area (Å²) in [5, 5.41) is 14.8. The van der Waals surface area contributed by atoms with Gasteiger partial charge in [0.2, 0.25) is 0 Å². The SMILES string of the molecule is CCc1cc(C(O)Cc2ccc(F)c(Br)c2)n(CC)n1. The fourth-order valence-electron chi connectivity index (χ4n) is 2.18. The molecule has 0 saturated heterocycles. The Balaban J connectivity index is 2.20. The summed E-state index contributed by atoms with van der Waals surface area (Å²) in [4.78, 5) is 0. The minimum absolute atomic E-state index is 0.296. The minimum atomic E-state index is -0.639. The predicted octanol–water partition coefficient (Wildman–Crippen LogP) is 3.64. The van der Waals surface area contributed by atoms with Crippen molar-refractivity contribution in [1.82, 2.24) is 9.78 Å². The third-order valence-corrected chi connectivity index (χ3v) is 3.89. The van der Waals surface area contributed by atoms with E-state index in [1.54, 1.807) is 12.1 Å². The maximum Gasteiger partial charge on any atom is 0.137 e. The first-order valence-corrected chi connectivity index (χ1v) is 7.53. The average Bonchev–Trinajstić information content (AvgIpc) is 2.86. The van der Waals surface area contributed by atoms with Crippen molar-refractivity contribution < 1.29 is 9.50 Å². The van der Waals surface area contributed by atoms with Crippen LogP contribution in [0, 0.1) is 5.82 Å². The monoisotopic (exact) mass is 340 g/mol. The van der Waals surface area contributed by atoms with Crippen molar-refractivity contribution in [2.75, 3.05) is 0 Å². The molecule has 0 saturated carbocycles. The van der Waals surface area contributed by atoms with E-state index >= 15 is 0 Å². The zero-order valence-corrected chi connectivity index (χ0v) is 13.2. The lowest BCUT2D eigenvalue weighted by Crippen LogP contribution is -2.10. The van der Waals surface area contributed by atoms with Crippen LogP contribution < -0.4 is 0 Å². The van der Waals surface area contributed by atoms with Crippen LogP contribution in [0.1, 0.15) is 36.9 Å². The van der Waals surface area contributed by atoms with Gasteiger partial charge in [-0.15, -0.1) is 0 Å². The molecule has 3 nitrogen and oxygen atoms in total. The Kier molecular flexibility index (Phi) is 4.94. The number of benzene rings is 1. The van der Waals surface area contributed by atoms with Gasteiger partial charge in [0, 0.05) is 13.0 Å². The lowest BCUT2D eigenvalue weighted by atomic mass is 10.1. The minimum Gasteiger partial charge on any atom is -0.386 e. The van der Waals surface area contributed by atoms with E-state index in [4.69, 9.17) is 0 Å². The quantitative estimate of drug-likeness (QED) is 0.902. The van der Waals surface area contributed by atoms with Crippen molar-refractivity contribution in [2.24, 2.45) is 0 Å². The molecule has 2 rings (SSSR count). The Hall–Kier alpha value is -1.20. The molecule has 0 spiro atoms. The summed E-state index contributed by atoms with van der Waals surface area (Å²) in [6, 6.07) is 6.73. The van der Waals surface area contributed by atoms with Gasteiger partial charge in [-0.3, -0.25) is 4.68 Å². The predicted molar refractivity (Wildman–Crippen MR) is 80.0 cm³/mol. The molecule has 1 heterocycles. The summed E-state index contributed by atoms with van der Waals surface area (Å²) in [7, 11) is 0. The fraction of sp³-hybridized carbons (Fsp3) is 0.400. The van der Waals surface area contributed by atoms with Crippen LogP contribution in [0.5, 0.6) is 0 Å². The second kappa shape index (κ2) is 6.50. The number of hydrogen-bond acceptors (Lipinski definition) is 2. The van der Waals surface area contributed by atoms with Gasteiger partial charge in [-0.1, -0.05) is 13.0 Å². The van der Waals surface area contributed by atoms with Gasteiger partial charge >= 0.3 is 0 Å². The first-order chi connectivity index (χ1) is 9.55. The molecule has 5 heteroatoms. The Morgan fingerprint density at radius 1 is 1.35 bits per heavy atom. The summed E-state index contributed by atoms with van der Waals surface area (Å²) in [6.07, 6.45) is 0.642. The summed E-state index contributed by atoms with van der Waals surface area (Å²) in [5.74, 6) is -0.296. The van der Waals surface area contributed by atoms with E-state index in [1.165, 1.54) is 6.07 Å². The number of aryl methyl sites for hydroxylation is 2. The highest BCUT2D eigenvalue weighted by Gasteiger charge is 2.16. The number of halogens is 2. The first kappa shape index (κ1) is 15.2. The third-order valence-electron chi connectivity index (χ3n) is 3.28. The summed E-state index contributed by atoms with van der Waals surface area (Å²) >= 11 is 3.16. The summed E-state index contributed by atoms with van der Waals surface area (Å²) < 4.78 is 15.4. The molecule has 0 aliphatic rings. The standard InChI is InChI=1S/C15H18BrFN2O/c1-3-11-9-14(19(4-2)18-11)15(20)8-10-5-6-13(17)12(16)7-10/h5-7,9,15,20H,3-4,8H2,1-2H3. The molecule has 20 heavy (non-hydrogen) atoms. The first-order valence-electron chi connectivity index (χ1n) is 6.73. The largest absolute Gasteiger partial charge is 0.386 e. The molecule has 1 unspecified atom stereocenters. The van der Waals surface area contributed by atoms with E-state index < -0.39 is 6.10 Å². The number of hydrogen-bond donors (Lipinski definition) is 1. The zero-order chi connectivity index (χ0) is 14.7. The molecule has 0 fully saturated rings. The fourth-order valence-corrected chi connectivity index (χ4v) is 2.60. The molecule has 0 bridgehead atoms. The lowest BCUT2D eigenvalue weighted by Gasteiger charge is -2.12. The summed E-state index contributed by atoms with van der Waals surface area (Å²) in [6.45, 7) is 4.76. The molecule has 0 aliphatic heterocycles. The number of aliphatic hydroxyl groups excluding tert-OH is 1. The van der Waals surface area contributed by atoms with Crippen LogP contribution in [-0.2, 0) is 19.4 Å². The summed E-state index contributed by atoms with van der Waals surface area (Å²) in [5.41, 5.74) is 2.67. The molecule has 2 aromatic rings. The second-order valence-electron chi connectivity index (χ2n) is 4.70. The van der Waals surface area contributed by atoms with Crippen molar-refractivity contribution >= 4 is 15.9 Å². The van der Waals surface area contributed by atoms with Gasteiger partial charge in [0.05, 0.1) is 22.0 Å². The smallest absolute Gasteiger partial charge is 0.137 e. The van der Waals surface area contributed by atoms with Gasteiger partial charge in [-0.2, -0.15) is 5.10 Å².